The van der Waals surface area contributed by atoms with Crippen molar-refractivity contribution in [1.82, 2.24) is 5.01 Å². The van der Waals surface area contributed by atoms with Gasteiger partial charge in [-0.05, 0) is 13.8 Å². The molecule has 0 bridgehead atoms. The van der Waals surface area contributed by atoms with Crippen LogP contribution in [-0.2, 0) is 9.53 Å². The van der Waals surface area contributed by atoms with E-state index in [2.05, 4.69) is 5.10 Å². The minimum Gasteiger partial charge on any atom is -0.461 e. The average molecular weight is 158 g/mol. The molecule has 4 nitrogen and oxygen atoms in total. The van der Waals surface area contributed by atoms with Gasteiger partial charge in [0.15, 0.2) is 0 Å². The summed E-state index contributed by atoms with van der Waals surface area (Å²) < 4.78 is 4.71. The molecule has 0 aliphatic heterocycles. The van der Waals surface area contributed by atoms with Crippen molar-refractivity contribution in [1.29, 1.82) is 0 Å². The molecule has 0 radical (unpaired) electrons. The van der Waals surface area contributed by atoms with Crippen LogP contribution in [0.2, 0.25) is 0 Å². The summed E-state index contributed by atoms with van der Waals surface area (Å²) in [5, 5.41) is 5.43. The van der Waals surface area contributed by atoms with Gasteiger partial charge in [0.25, 0.3) is 0 Å². The van der Waals surface area contributed by atoms with Crippen molar-refractivity contribution in [3.05, 3.63) is 0 Å². The highest BCUT2D eigenvalue weighted by atomic mass is 16.5. The number of rotatable bonds is 3. The number of ether oxygens (including phenoxy) is 1. The number of hydrogen-bond donors (Lipinski definition) is 0. The Kier molecular flexibility index (Phi) is 4.26. The number of esters is 1. The number of nitrogens with zero attached hydrogens (tertiary/aromatic N) is 2. The van der Waals surface area contributed by atoms with Crippen LogP contribution in [0.5, 0.6) is 0 Å². The Morgan fingerprint density at radius 2 is 2.09 bits per heavy atom. The van der Waals surface area contributed by atoms with Crippen molar-refractivity contribution in [2.45, 2.75) is 13.8 Å². The van der Waals surface area contributed by atoms with E-state index in [1.54, 1.807) is 33.0 Å². The lowest BCUT2D eigenvalue weighted by atomic mass is 10.4. The molecule has 0 saturated carbocycles. The van der Waals surface area contributed by atoms with Gasteiger partial charge in [0.1, 0.15) is 5.71 Å². The molecule has 0 atom stereocenters. The molecule has 0 aliphatic rings. The monoisotopic (exact) mass is 158 g/mol. The lowest BCUT2D eigenvalue weighted by molar-refractivity contribution is -0.135. The van der Waals surface area contributed by atoms with Gasteiger partial charge in [-0.3, -0.25) is 0 Å². The molecule has 0 fully saturated rings. The quantitative estimate of drug-likeness (QED) is 0.341. The molecule has 0 aliphatic carbocycles. The maximum Gasteiger partial charge on any atom is 0.354 e. The fourth-order valence-electron chi connectivity index (χ4n) is 0.576. The van der Waals surface area contributed by atoms with Gasteiger partial charge in [0.05, 0.1) is 6.61 Å². The Morgan fingerprint density at radius 1 is 1.55 bits per heavy atom. The predicted molar refractivity (Wildman–Crippen MR) is 43.4 cm³/mol. The fraction of sp³-hybridized carbons (Fsp3) is 0.714. The summed E-state index contributed by atoms with van der Waals surface area (Å²) in [4.78, 5) is 10.9. The molecule has 0 spiro atoms. The van der Waals surface area contributed by atoms with Crippen LogP contribution in [0, 0.1) is 0 Å². The lowest BCUT2D eigenvalue weighted by Gasteiger charge is -2.05. The molecule has 11 heavy (non-hydrogen) atoms. The molecule has 0 rings (SSSR count). The molecule has 0 heterocycles. The van der Waals surface area contributed by atoms with Crippen molar-refractivity contribution < 1.29 is 9.53 Å². The van der Waals surface area contributed by atoms with Crippen LogP contribution in [0.3, 0.4) is 0 Å². The van der Waals surface area contributed by atoms with Gasteiger partial charge >= 0.3 is 5.97 Å². The zero-order valence-corrected chi connectivity index (χ0v) is 7.42. The van der Waals surface area contributed by atoms with Crippen LogP contribution in [0.1, 0.15) is 13.8 Å². The van der Waals surface area contributed by atoms with Gasteiger partial charge in [-0.2, -0.15) is 5.10 Å². The maximum atomic E-state index is 10.9. The first-order valence-corrected chi connectivity index (χ1v) is 3.47. The normalized spacial score (nSPS) is 11.1. The highest BCUT2D eigenvalue weighted by molar-refractivity contribution is 6.35. The smallest absolute Gasteiger partial charge is 0.354 e. The summed E-state index contributed by atoms with van der Waals surface area (Å²) >= 11 is 0. The second kappa shape index (κ2) is 4.71. The van der Waals surface area contributed by atoms with Crippen LogP contribution < -0.4 is 0 Å². The molecule has 0 unspecified atom stereocenters. The number of hydrazone groups is 1. The van der Waals surface area contributed by atoms with Crippen LogP contribution in [0.15, 0.2) is 5.10 Å². The van der Waals surface area contributed by atoms with Crippen molar-refractivity contribution in [2.75, 3.05) is 20.7 Å². The first-order valence-electron chi connectivity index (χ1n) is 3.47. The SMILES string of the molecule is CCOC(=O)/C(C)=N/N(C)C. The zero-order valence-electron chi connectivity index (χ0n) is 7.42. The standard InChI is InChI=1S/C7H14N2O2/c1-5-11-7(10)6(2)8-9(3)4/h5H2,1-4H3/b8-6+. The van der Waals surface area contributed by atoms with Crippen molar-refractivity contribution in [2.24, 2.45) is 5.10 Å². The highest BCUT2D eigenvalue weighted by Crippen LogP contribution is 1.86. The van der Waals surface area contributed by atoms with E-state index in [9.17, 15) is 4.79 Å². The summed E-state index contributed by atoms with van der Waals surface area (Å²) in [5.41, 5.74) is 0.372. The zero-order chi connectivity index (χ0) is 8.85. The average Bonchev–Trinajstić information content (AvgIpc) is 1.86. The second-order valence-corrected chi connectivity index (χ2v) is 2.25. The molecular weight excluding hydrogens is 144 g/mol. The third-order valence-electron chi connectivity index (χ3n) is 0.921. The number of carbonyl (C=O) groups excluding carboxylic acids is 1. The molecule has 64 valence electrons. The van der Waals surface area contributed by atoms with Crippen molar-refractivity contribution in [3.8, 4) is 0 Å². The van der Waals surface area contributed by atoms with E-state index < -0.39 is 0 Å². The largest absolute Gasteiger partial charge is 0.461 e. The van der Waals surface area contributed by atoms with Crippen LogP contribution in [0.25, 0.3) is 0 Å². The van der Waals surface area contributed by atoms with E-state index in [-0.39, 0.29) is 5.97 Å². The van der Waals surface area contributed by atoms with Gasteiger partial charge in [-0.15, -0.1) is 0 Å². The molecular formula is C7H14N2O2. The Morgan fingerprint density at radius 3 is 2.45 bits per heavy atom. The fourth-order valence-corrected chi connectivity index (χ4v) is 0.576. The summed E-state index contributed by atoms with van der Waals surface area (Å²) in [6, 6.07) is 0. The lowest BCUT2D eigenvalue weighted by Crippen LogP contribution is -2.17. The topological polar surface area (TPSA) is 41.9 Å². The number of hydrogen-bond acceptors (Lipinski definition) is 4. The molecule has 0 aromatic heterocycles. The molecule has 0 aromatic carbocycles. The van der Waals surface area contributed by atoms with E-state index in [0.717, 1.165) is 0 Å². The second-order valence-electron chi connectivity index (χ2n) is 2.25. The Hall–Kier alpha value is -1.06. The van der Waals surface area contributed by atoms with Crippen LogP contribution >= 0.6 is 0 Å². The van der Waals surface area contributed by atoms with E-state index >= 15 is 0 Å². The minimum absolute atomic E-state index is 0.360. The molecule has 0 saturated heterocycles. The van der Waals surface area contributed by atoms with Crippen molar-refractivity contribution in [3.63, 3.8) is 0 Å². The van der Waals surface area contributed by atoms with Crippen molar-refractivity contribution >= 4 is 11.7 Å². The molecule has 0 aromatic rings. The third kappa shape index (κ3) is 4.36. The summed E-state index contributed by atoms with van der Waals surface area (Å²) in [6.45, 7) is 3.78. The Bertz CT molecular complexity index is 164. The van der Waals surface area contributed by atoms with E-state index in [1.165, 1.54) is 0 Å². The Labute approximate surface area is 66.8 Å². The maximum absolute atomic E-state index is 10.9. The minimum atomic E-state index is -0.360. The predicted octanol–water partition coefficient (Wildman–Crippen LogP) is 0.487. The Balaban J connectivity index is 4.01. The molecule has 4 heteroatoms. The van der Waals surface area contributed by atoms with E-state index in [4.69, 9.17) is 4.74 Å². The van der Waals surface area contributed by atoms with E-state index in [1.807, 2.05) is 0 Å². The van der Waals surface area contributed by atoms with Crippen LogP contribution in [0.4, 0.5) is 0 Å². The molecule has 0 N–H and O–H groups in total. The van der Waals surface area contributed by atoms with Crippen LogP contribution in [-0.4, -0.2) is 37.4 Å². The van der Waals surface area contributed by atoms with Gasteiger partial charge < -0.3 is 9.75 Å². The summed E-state index contributed by atoms with van der Waals surface area (Å²) in [5.74, 6) is -0.360. The summed E-state index contributed by atoms with van der Waals surface area (Å²) in [7, 11) is 3.51. The van der Waals surface area contributed by atoms with Gasteiger partial charge in [-0.25, -0.2) is 4.79 Å². The van der Waals surface area contributed by atoms with E-state index in [0.29, 0.717) is 12.3 Å². The summed E-state index contributed by atoms with van der Waals surface area (Å²) in [6.07, 6.45) is 0. The number of carbonyl (C=O) groups is 1. The first-order chi connectivity index (χ1) is 5.07. The van der Waals surface area contributed by atoms with Gasteiger partial charge in [0.2, 0.25) is 0 Å². The van der Waals surface area contributed by atoms with Gasteiger partial charge in [-0.1, -0.05) is 0 Å². The highest BCUT2D eigenvalue weighted by Gasteiger charge is 2.05. The first kappa shape index (κ1) is 9.94. The molecule has 0 amide bonds. The third-order valence-corrected chi connectivity index (χ3v) is 0.921. The van der Waals surface area contributed by atoms with Gasteiger partial charge in [0, 0.05) is 14.1 Å².